The zero-order valence-corrected chi connectivity index (χ0v) is 9.64. The number of carboxylic acid groups (broad SMARTS) is 1. The Labute approximate surface area is 89.5 Å². The molecule has 2 aliphatic carbocycles. The van der Waals surface area contributed by atoms with E-state index in [1.54, 1.807) is 0 Å². The molecule has 0 amide bonds. The minimum Gasteiger partial charge on any atom is -0.481 e. The highest BCUT2D eigenvalue weighted by atomic mass is 32.2. The van der Waals surface area contributed by atoms with Gasteiger partial charge in [0.05, 0.1) is 5.92 Å². The van der Waals surface area contributed by atoms with Gasteiger partial charge in [0.25, 0.3) is 0 Å². The van der Waals surface area contributed by atoms with Gasteiger partial charge < -0.3 is 5.11 Å². The maximum atomic E-state index is 10.9. The van der Waals surface area contributed by atoms with E-state index in [1.807, 2.05) is 11.8 Å². The minimum atomic E-state index is -0.605. The lowest BCUT2D eigenvalue weighted by molar-refractivity contribution is -0.139. The summed E-state index contributed by atoms with van der Waals surface area (Å²) in [5, 5.41) is 8.97. The molecule has 0 aromatic carbocycles. The third-order valence-electron chi connectivity index (χ3n) is 3.66. The largest absolute Gasteiger partial charge is 0.481 e. The first-order chi connectivity index (χ1) is 6.53. The van der Waals surface area contributed by atoms with Crippen molar-refractivity contribution in [2.75, 3.05) is 11.5 Å². The third-order valence-corrected chi connectivity index (χ3v) is 4.97. The minimum absolute atomic E-state index is 0.0440. The first-order valence-electron chi connectivity index (χ1n) is 5.34. The highest BCUT2D eigenvalue weighted by molar-refractivity contribution is 7.99. The van der Waals surface area contributed by atoms with Gasteiger partial charge in [0, 0.05) is 0 Å². The van der Waals surface area contributed by atoms with Gasteiger partial charge in [-0.15, -0.1) is 0 Å². The molecule has 2 nitrogen and oxygen atoms in total. The van der Waals surface area contributed by atoms with Crippen LogP contribution in [0.2, 0.25) is 0 Å². The summed E-state index contributed by atoms with van der Waals surface area (Å²) >= 11 is 1.95. The standard InChI is InChI=1S/C11H18O2S/c1-11(2)8(9(11)10(12)13)6-14-5-7-3-4-7/h7-9H,3-6H2,1-2H3,(H,12,13). The van der Waals surface area contributed by atoms with Gasteiger partial charge in [0.15, 0.2) is 0 Å². The van der Waals surface area contributed by atoms with Gasteiger partial charge in [-0.05, 0) is 41.6 Å². The molecule has 0 aromatic heterocycles. The summed E-state index contributed by atoms with van der Waals surface area (Å²) in [6, 6.07) is 0. The molecule has 2 fully saturated rings. The Bertz CT molecular complexity index is 246. The van der Waals surface area contributed by atoms with Gasteiger partial charge in [0.2, 0.25) is 0 Å². The summed E-state index contributed by atoms with van der Waals surface area (Å²) in [5.41, 5.74) is 0.0440. The SMILES string of the molecule is CC1(C)C(CSCC2CC2)C1C(=O)O. The van der Waals surface area contributed by atoms with E-state index in [-0.39, 0.29) is 11.3 Å². The zero-order valence-electron chi connectivity index (χ0n) is 8.82. The second-order valence-corrected chi connectivity index (χ2v) is 6.30. The predicted molar refractivity (Wildman–Crippen MR) is 58.4 cm³/mol. The van der Waals surface area contributed by atoms with Crippen LogP contribution < -0.4 is 0 Å². The van der Waals surface area contributed by atoms with Gasteiger partial charge in [0.1, 0.15) is 0 Å². The summed E-state index contributed by atoms with van der Waals surface area (Å²) in [4.78, 5) is 10.9. The first-order valence-corrected chi connectivity index (χ1v) is 6.49. The van der Waals surface area contributed by atoms with Gasteiger partial charge in [-0.1, -0.05) is 13.8 Å². The van der Waals surface area contributed by atoms with Crippen molar-refractivity contribution >= 4 is 17.7 Å². The Balaban J connectivity index is 1.73. The van der Waals surface area contributed by atoms with Crippen LogP contribution >= 0.6 is 11.8 Å². The molecule has 0 spiro atoms. The second kappa shape index (κ2) is 3.44. The van der Waals surface area contributed by atoms with Gasteiger partial charge in [-0.2, -0.15) is 11.8 Å². The zero-order chi connectivity index (χ0) is 10.3. The molecule has 0 aliphatic heterocycles. The summed E-state index contributed by atoms with van der Waals surface area (Å²) < 4.78 is 0. The second-order valence-electron chi connectivity index (χ2n) is 5.22. The average molecular weight is 214 g/mol. The quantitative estimate of drug-likeness (QED) is 0.764. The van der Waals surface area contributed by atoms with Gasteiger partial charge in [-0.3, -0.25) is 4.79 Å². The van der Waals surface area contributed by atoms with E-state index < -0.39 is 5.97 Å². The van der Waals surface area contributed by atoms with Crippen LogP contribution in [0.1, 0.15) is 26.7 Å². The van der Waals surface area contributed by atoms with Gasteiger partial charge in [-0.25, -0.2) is 0 Å². The van der Waals surface area contributed by atoms with Crippen molar-refractivity contribution in [2.24, 2.45) is 23.2 Å². The summed E-state index contributed by atoms with van der Waals surface area (Å²) in [6.45, 7) is 4.16. The van der Waals surface area contributed by atoms with E-state index in [4.69, 9.17) is 5.11 Å². The van der Waals surface area contributed by atoms with E-state index in [0.717, 1.165) is 11.7 Å². The van der Waals surface area contributed by atoms with Crippen LogP contribution in [0.25, 0.3) is 0 Å². The Morgan fingerprint density at radius 2 is 2.07 bits per heavy atom. The molecule has 0 saturated heterocycles. The lowest BCUT2D eigenvalue weighted by Gasteiger charge is -2.01. The number of hydrogen-bond donors (Lipinski definition) is 1. The van der Waals surface area contributed by atoms with E-state index in [2.05, 4.69) is 13.8 Å². The Kier molecular flexibility index (Phi) is 2.54. The van der Waals surface area contributed by atoms with Crippen molar-refractivity contribution in [1.82, 2.24) is 0 Å². The molecule has 0 aromatic rings. The van der Waals surface area contributed by atoms with Crippen LogP contribution in [-0.2, 0) is 4.79 Å². The van der Waals surface area contributed by atoms with Crippen molar-refractivity contribution in [3.63, 3.8) is 0 Å². The maximum Gasteiger partial charge on any atom is 0.307 e. The topological polar surface area (TPSA) is 37.3 Å². The van der Waals surface area contributed by atoms with E-state index in [9.17, 15) is 4.79 Å². The molecule has 0 heterocycles. The van der Waals surface area contributed by atoms with Crippen molar-refractivity contribution in [3.05, 3.63) is 0 Å². The number of carbonyl (C=O) groups is 1. The molecule has 2 saturated carbocycles. The fourth-order valence-electron chi connectivity index (χ4n) is 2.19. The van der Waals surface area contributed by atoms with E-state index in [0.29, 0.717) is 5.92 Å². The molecule has 2 unspecified atom stereocenters. The molecule has 14 heavy (non-hydrogen) atoms. The first kappa shape index (κ1) is 10.3. The third kappa shape index (κ3) is 1.92. The van der Waals surface area contributed by atoms with Crippen LogP contribution in [0.4, 0.5) is 0 Å². The van der Waals surface area contributed by atoms with Crippen molar-refractivity contribution in [1.29, 1.82) is 0 Å². The van der Waals surface area contributed by atoms with Gasteiger partial charge >= 0.3 is 5.97 Å². The molecular weight excluding hydrogens is 196 g/mol. The van der Waals surface area contributed by atoms with Crippen LogP contribution in [-0.4, -0.2) is 22.6 Å². The van der Waals surface area contributed by atoms with Crippen LogP contribution in [0.15, 0.2) is 0 Å². The number of rotatable bonds is 5. The molecule has 2 rings (SSSR count). The lowest BCUT2D eigenvalue weighted by Crippen LogP contribution is -2.03. The number of carboxylic acids is 1. The molecule has 2 aliphatic rings. The van der Waals surface area contributed by atoms with Crippen molar-refractivity contribution in [2.45, 2.75) is 26.7 Å². The Morgan fingerprint density at radius 1 is 1.43 bits per heavy atom. The highest BCUT2D eigenvalue weighted by Gasteiger charge is 2.61. The molecule has 3 heteroatoms. The maximum absolute atomic E-state index is 10.9. The predicted octanol–water partition coefficient (Wildman–Crippen LogP) is 2.49. The van der Waals surface area contributed by atoms with Crippen molar-refractivity contribution < 1.29 is 9.90 Å². The molecular formula is C11H18O2S. The molecule has 80 valence electrons. The Morgan fingerprint density at radius 3 is 2.50 bits per heavy atom. The monoisotopic (exact) mass is 214 g/mol. The fraction of sp³-hybridized carbons (Fsp3) is 0.909. The fourth-order valence-corrected chi connectivity index (χ4v) is 3.87. The Hall–Kier alpha value is -0.180. The molecule has 0 radical (unpaired) electrons. The summed E-state index contributed by atoms with van der Waals surface area (Å²) in [6.07, 6.45) is 2.78. The summed E-state index contributed by atoms with van der Waals surface area (Å²) in [7, 11) is 0. The molecule has 0 bridgehead atoms. The average Bonchev–Trinajstić information content (AvgIpc) is 2.91. The van der Waals surface area contributed by atoms with E-state index in [1.165, 1.54) is 18.6 Å². The molecule has 2 atom stereocenters. The smallest absolute Gasteiger partial charge is 0.307 e. The van der Waals surface area contributed by atoms with Crippen LogP contribution in [0, 0.1) is 23.2 Å². The van der Waals surface area contributed by atoms with E-state index >= 15 is 0 Å². The lowest BCUT2D eigenvalue weighted by atomic mass is 10.1. The highest BCUT2D eigenvalue weighted by Crippen LogP contribution is 2.59. The number of thioether (sulfide) groups is 1. The number of hydrogen-bond acceptors (Lipinski definition) is 2. The summed E-state index contributed by atoms with van der Waals surface area (Å²) in [5.74, 6) is 2.95. The number of aliphatic carboxylic acids is 1. The van der Waals surface area contributed by atoms with Crippen LogP contribution in [0.3, 0.4) is 0 Å². The van der Waals surface area contributed by atoms with Crippen molar-refractivity contribution in [3.8, 4) is 0 Å². The van der Waals surface area contributed by atoms with Crippen LogP contribution in [0.5, 0.6) is 0 Å². The normalized spacial score (nSPS) is 34.1. The molecule has 1 N–H and O–H groups in total.